The van der Waals surface area contributed by atoms with E-state index in [-0.39, 0.29) is 5.91 Å². The first-order valence-corrected chi connectivity index (χ1v) is 7.56. The van der Waals surface area contributed by atoms with E-state index < -0.39 is 5.91 Å². The normalized spacial score (nSPS) is 10.3. The molecule has 0 aliphatic rings. The van der Waals surface area contributed by atoms with E-state index in [1.54, 1.807) is 61.5 Å². The summed E-state index contributed by atoms with van der Waals surface area (Å²) in [6.07, 6.45) is 1.41. The molecule has 0 atom stereocenters. The number of hydrogen-bond donors (Lipinski definition) is 2. The fourth-order valence-electron chi connectivity index (χ4n) is 2.26. The van der Waals surface area contributed by atoms with Gasteiger partial charge in [0.05, 0.1) is 11.1 Å². The quantitative estimate of drug-likeness (QED) is 0.742. The number of para-hydroxylation sites is 1. The zero-order chi connectivity index (χ0) is 17.8. The number of amides is 2. The number of carbonyl (C=O) groups is 2. The van der Waals surface area contributed by atoms with Gasteiger partial charge in [0.15, 0.2) is 0 Å². The molecule has 3 rings (SSSR count). The Hall–Kier alpha value is -3.54. The smallest absolute Gasteiger partial charge is 0.258 e. The van der Waals surface area contributed by atoms with Crippen molar-refractivity contribution in [3.05, 3.63) is 77.7 Å². The number of nitrogens with two attached hydrogens (primary N) is 1. The van der Waals surface area contributed by atoms with Gasteiger partial charge in [-0.1, -0.05) is 12.1 Å². The van der Waals surface area contributed by atoms with Crippen molar-refractivity contribution < 1.29 is 18.7 Å². The summed E-state index contributed by atoms with van der Waals surface area (Å²) in [5.74, 6) is 0.744. The summed E-state index contributed by atoms with van der Waals surface area (Å²) in [5.41, 5.74) is 6.69. The van der Waals surface area contributed by atoms with Crippen LogP contribution in [0.25, 0.3) is 0 Å². The molecule has 6 nitrogen and oxygen atoms in total. The van der Waals surface area contributed by atoms with Crippen LogP contribution < -0.4 is 15.8 Å². The van der Waals surface area contributed by atoms with E-state index in [9.17, 15) is 9.59 Å². The van der Waals surface area contributed by atoms with Crippen LogP contribution in [0.3, 0.4) is 0 Å². The number of carbonyl (C=O) groups excluding carboxylic acids is 2. The highest BCUT2D eigenvalue weighted by atomic mass is 16.5. The first-order valence-electron chi connectivity index (χ1n) is 7.56. The molecule has 0 bridgehead atoms. The fraction of sp³-hybridized carbons (Fsp3) is 0.0526. The third kappa shape index (κ3) is 3.87. The van der Waals surface area contributed by atoms with Crippen molar-refractivity contribution in [2.45, 2.75) is 6.92 Å². The van der Waals surface area contributed by atoms with E-state index in [1.165, 1.54) is 6.26 Å². The van der Waals surface area contributed by atoms with E-state index in [2.05, 4.69) is 5.32 Å². The van der Waals surface area contributed by atoms with Crippen LogP contribution in [0.2, 0.25) is 0 Å². The van der Waals surface area contributed by atoms with E-state index in [0.717, 1.165) is 0 Å². The van der Waals surface area contributed by atoms with Crippen molar-refractivity contribution in [2.75, 3.05) is 5.32 Å². The first kappa shape index (κ1) is 16.3. The number of benzene rings is 2. The molecule has 3 aromatic rings. The number of nitrogens with one attached hydrogen (secondary N) is 1. The van der Waals surface area contributed by atoms with Crippen LogP contribution in [0.4, 0.5) is 5.69 Å². The molecule has 2 amide bonds. The Morgan fingerprint density at radius 2 is 1.80 bits per heavy atom. The van der Waals surface area contributed by atoms with Gasteiger partial charge in [-0.2, -0.15) is 0 Å². The average Bonchev–Trinajstić information content (AvgIpc) is 3.03. The van der Waals surface area contributed by atoms with Crippen LogP contribution in [-0.2, 0) is 0 Å². The summed E-state index contributed by atoms with van der Waals surface area (Å²) >= 11 is 0. The summed E-state index contributed by atoms with van der Waals surface area (Å²) in [6.45, 7) is 1.77. The molecule has 0 radical (unpaired) electrons. The molecule has 3 N–H and O–H groups in total. The minimum Gasteiger partial charge on any atom is -0.469 e. The Kier molecular flexibility index (Phi) is 4.52. The molecule has 0 fully saturated rings. The maximum Gasteiger partial charge on any atom is 0.258 e. The lowest BCUT2D eigenvalue weighted by Gasteiger charge is -2.10. The van der Waals surface area contributed by atoms with E-state index >= 15 is 0 Å². The van der Waals surface area contributed by atoms with E-state index in [1.807, 2.05) is 0 Å². The van der Waals surface area contributed by atoms with Crippen LogP contribution in [0.1, 0.15) is 26.5 Å². The Bertz CT molecular complexity index is 913. The van der Waals surface area contributed by atoms with Crippen LogP contribution >= 0.6 is 0 Å². The summed E-state index contributed by atoms with van der Waals surface area (Å²) in [5, 5.41) is 2.76. The monoisotopic (exact) mass is 336 g/mol. The molecule has 0 spiro atoms. The molecule has 126 valence electrons. The van der Waals surface area contributed by atoms with Gasteiger partial charge < -0.3 is 20.2 Å². The van der Waals surface area contributed by atoms with Crippen molar-refractivity contribution in [1.29, 1.82) is 0 Å². The molecular weight excluding hydrogens is 320 g/mol. The second-order valence-electron chi connectivity index (χ2n) is 5.39. The molecule has 1 aromatic heterocycles. The van der Waals surface area contributed by atoms with Gasteiger partial charge in [0.25, 0.3) is 11.8 Å². The molecular formula is C19H16N2O4. The van der Waals surface area contributed by atoms with Crippen molar-refractivity contribution in [3.8, 4) is 11.5 Å². The van der Waals surface area contributed by atoms with Gasteiger partial charge >= 0.3 is 0 Å². The third-order valence-corrected chi connectivity index (χ3v) is 3.49. The van der Waals surface area contributed by atoms with Gasteiger partial charge in [-0.25, -0.2) is 0 Å². The molecule has 2 aromatic carbocycles. The zero-order valence-electron chi connectivity index (χ0n) is 13.5. The van der Waals surface area contributed by atoms with Crippen molar-refractivity contribution >= 4 is 17.5 Å². The number of primary amides is 1. The van der Waals surface area contributed by atoms with Crippen LogP contribution in [-0.4, -0.2) is 11.8 Å². The second kappa shape index (κ2) is 6.92. The van der Waals surface area contributed by atoms with Gasteiger partial charge in [-0.3, -0.25) is 9.59 Å². The highest BCUT2D eigenvalue weighted by Crippen LogP contribution is 2.26. The lowest BCUT2D eigenvalue weighted by molar-refractivity contribution is 0.0995. The van der Waals surface area contributed by atoms with Crippen molar-refractivity contribution in [1.82, 2.24) is 0 Å². The molecule has 0 saturated heterocycles. The summed E-state index contributed by atoms with van der Waals surface area (Å²) in [4.78, 5) is 23.5. The third-order valence-electron chi connectivity index (χ3n) is 3.49. The highest BCUT2D eigenvalue weighted by Gasteiger charge is 2.11. The van der Waals surface area contributed by atoms with Crippen LogP contribution in [0.5, 0.6) is 11.5 Å². The number of ether oxygens (including phenoxy) is 1. The number of aryl methyl sites for hydroxylation is 1. The number of rotatable bonds is 5. The summed E-state index contributed by atoms with van der Waals surface area (Å²) in [6, 6.07) is 15.2. The lowest BCUT2D eigenvalue weighted by Crippen LogP contribution is -2.12. The Morgan fingerprint density at radius 1 is 1.08 bits per heavy atom. The predicted octanol–water partition coefficient (Wildman–Crippen LogP) is 3.73. The number of hydrogen-bond acceptors (Lipinski definition) is 4. The standard InChI is InChI=1S/C19H16N2O4/c1-12-10-13(11-24-12)19(23)21-14-6-8-15(9-7-14)25-17-5-3-2-4-16(17)18(20)22/h2-11H,1H3,(H2,20,22)(H,21,23). The lowest BCUT2D eigenvalue weighted by atomic mass is 10.2. The maximum absolute atomic E-state index is 12.1. The number of furan rings is 1. The zero-order valence-corrected chi connectivity index (χ0v) is 13.5. The Morgan fingerprint density at radius 3 is 2.44 bits per heavy atom. The Balaban J connectivity index is 1.70. The minimum atomic E-state index is -0.560. The largest absolute Gasteiger partial charge is 0.469 e. The topological polar surface area (TPSA) is 94.6 Å². The van der Waals surface area contributed by atoms with Gasteiger partial charge in [0, 0.05) is 5.69 Å². The van der Waals surface area contributed by atoms with Gasteiger partial charge in [0.2, 0.25) is 0 Å². The van der Waals surface area contributed by atoms with Crippen LogP contribution in [0, 0.1) is 6.92 Å². The Labute approximate surface area is 144 Å². The number of anilines is 1. The van der Waals surface area contributed by atoms with Gasteiger partial charge in [-0.15, -0.1) is 0 Å². The second-order valence-corrected chi connectivity index (χ2v) is 5.39. The maximum atomic E-state index is 12.1. The molecule has 0 saturated carbocycles. The van der Waals surface area contributed by atoms with E-state index in [0.29, 0.717) is 34.1 Å². The van der Waals surface area contributed by atoms with Crippen molar-refractivity contribution in [2.24, 2.45) is 5.73 Å². The summed E-state index contributed by atoms with van der Waals surface area (Å²) in [7, 11) is 0. The summed E-state index contributed by atoms with van der Waals surface area (Å²) < 4.78 is 10.8. The molecule has 1 heterocycles. The minimum absolute atomic E-state index is 0.260. The van der Waals surface area contributed by atoms with Gasteiger partial charge in [-0.05, 0) is 49.4 Å². The molecule has 0 unspecified atom stereocenters. The van der Waals surface area contributed by atoms with Gasteiger partial charge in [0.1, 0.15) is 23.5 Å². The first-order chi connectivity index (χ1) is 12.0. The molecule has 6 heteroatoms. The SMILES string of the molecule is Cc1cc(C(=O)Nc2ccc(Oc3ccccc3C(N)=O)cc2)co1. The van der Waals surface area contributed by atoms with Crippen LogP contribution in [0.15, 0.2) is 65.3 Å². The molecule has 25 heavy (non-hydrogen) atoms. The predicted molar refractivity (Wildman–Crippen MR) is 92.9 cm³/mol. The molecule has 0 aliphatic carbocycles. The van der Waals surface area contributed by atoms with Crippen molar-refractivity contribution in [3.63, 3.8) is 0 Å². The fourth-order valence-corrected chi connectivity index (χ4v) is 2.26. The molecule has 0 aliphatic heterocycles. The van der Waals surface area contributed by atoms with E-state index in [4.69, 9.17) is 14.9 Å². The average molecular weight is 336 g/mol. The highest BCUT2D eigenvalue weighted by molar-refractivity contribution is 6.04.